The summed E-state index contributed by atoms with van der Waals surface area (Å²) in [5.74, 6) is -0.926. The molecule has 2 rings (SSSR count). The number of rotatable bonds is 4. The van der Waals surface area contributed by atoms with Gasteiger partial charge in [0, 0.05) is 18.1 Å². The predicted molar refractivity (Wildman–Crippen MR) is 74.4 cm³/mol. The van der Waals surface area contributed by atoms with E-state index >= 15 is 0 Å². The lowest BCUT2D eigenvalue weighted by Gasteiger charge is -2.17. The van der Waals surface area contributed by atoms with E-state index in [4.69, 9.17) is 0 Å². The molecule has 0 saturated carbocycles. The number of aromatic nitrogens is 1. The summed E-state index contributed by atoms with van der Waals surface area (Å²) in [5.41, 5.74) is 2.85. The van der Waals surface area contributed by atoms with Gasteiger partial charge in [-0.3, -0.25) is 4.98 Å². The van der Waals surface area contributed by atoms with Crippen molar-refractivity contribution >= 4 is 11.7 Å². The molecule has 19 heavy (non-hydrogen) atoms. The van der Waals surface area contributed by atoms with Crippen molar-refractivity contribution in [1.82, 2.24) is 4.98 Å². The molecule has 2 aromatic rings. The molecule has 1 aromatic heterocycles. The Bertz CT molecular complexity index is 582. The van der Waals surface area contributed by atoms with Crippen molar-refractivity contribution in [2.45, 2.75) is 19.9 Å². The molecule has 1 heterocycles. The van der Waals surface area contributed by atoms with Crippen LogP contribution in [-0.2, 0) is 0 Å². The molecular formula is C15H16N2O2. The van der Waals surface area contributed by atoms with Gasteiger partial charge in [-0.15, -0.1) is 0 Å². The molecule has 2 N–H and O–H groups in total. The van der Waals surface area contributed by atoms with E-state index in [-0.39, 0.29) is 11.6 Å². The van der Waals surface area contributed by atoms with Gasteiger partial charge in [0.2, 0.25) is 0 Å². The fraction of sp³-hybridized carbons (Fsp3) is 0.200. The van der Waals surface area contributed by atoms with Crippen LogP contribution in [0.15, 0.2) is 42.7 Å². The van der Waals surface area contributed by atoms with E-state index in [0.29, 0.717) is 5.69 Å². The highest BCUT2D eigenvalue weighted by atomic mass is 16.4. The molecule has 4 nitrogen and oxygen atoms in total. The summed E-state index contributed by atoms with van der Waals surface area (Å²) in [5, 5.41) is 12.4. The second-order valence-corrected chi connectivity index (χ2v) is 4.51. The number of hydrogen-bond acceptors (Lipinski definition) is 3. The monoisotopic (exact) mass is 256 g/mol. The summed E-state index contributed by atoms with van der Waals surface area (Å²) in [7, 11) is 0. The number of nitrogens with one attached hydrogen (secondary N) is 1. The first kappa shape index (κ1) is 13.1. The molecule has 0 bridgehead atoms. The number of anilines is 1. The number of carbonyl (C=O) groups is 1. The fourth-order valence-corrected chi connectivity index (χ4v) is 1.91. The zero-order valence-electron chi connectivity index (χ0n) is 10.9. The Morgan fingerprint density at radius 2 is 2.16 bits per heavy atom. The van der Waals surface area contributed by atoms with E-state index < -0.39 is 5.97 Å². The van der Waals surface area contributed by atoms with Crippen LogP contribution in [0.1, 0.15) is 34.5 Å². The maximum absolute atomic E-state index is 11.2. The molecule has 0 aliphatic heterocycles. The van der Waals surface area contributed by atoms with Crippen molar-refractivity contribution in [3.63, 3.8) is 0 Å². The molecule has 0 aliphatic carbocycles. The predicted octanol–water partition coefficient (Wildman–Crippen LogP) is 3.26. The lowest BCUT2D eigenvalue weighted by Crippen LogP contribution is -2.11. The van der Waals surface area contributed by atoms with Gasteiger partial charge in [0.25, 0.3) is 0 Å². The van der Waals surface area contributed by atoms with Gasteiger partial charge in [-0.25, -0.2) is 4.79 Å². The van der Waals surface area contributed by atoms with Crippen LogP contribution in [0.5, 0.6) is 0 Å². The van der Waals surface area contributed by atoms with Gasteiger partial charge in [-0.2, -0.15) is 0 Å². The summed E-state index contributed by atoms with van der Waals surface area (Å²) in [4.78, 5) is 15.3. The average Bonchev–Trinajstić information content (AvgIpc) is 2.41. The standard InChI is InChI=1S/C15H16N2O2/c1-10-5-6-14(13(8-10)15(18)19)17-11(2)12-4-3-7-16-9-12/h3-9,11,17H,1-2H3,(H,18,19). The quantitative estimate of drug-likeness (QED) is 0.881. The Morgan fingerprint density at radius 1 is 1.37 bits per heavy atom. The molecule has 4 heteroatoms. The van der Waals surface area contributed by atoms with Crippen molar-refractivity contribution in [2.24, 2.45) is 0 Å². The van der Waals surface area contributed by atoms with Crippen LogP contribution in [-0.4, -0.2) is 16.1 Å². The summed E-state index contributed by atoms with van der Waals surface area (Å²) >= 11 is 0. The molecule has 0 saturated heterocycles. The number of aryl methyl sites for hydroxylation is 1. The number of pyridine rings is 1. The van der Waals surface area contributed by atoms with E-state index in [1.165, 1.54) is 0 Å². The molecule has 1 atom stereocenters. The van der Waals surface area contributed by atoms with Gasteiger partial charge in [0.15, 0.2) is 0 Å². The Labute approximate surface area is 112 Å². The number of hydrogen-bond donors (Lipinski definition) is 2. The van der Waals surface area contributed by atoms with Crippen LogP contribution in [0, 0.1) is 6.92 Å². The third-order valence-electron chi connectivity index (χ3n) is 2.96. The smallest absolute Gasteiger partial charge is 0.337 e. The normalized spacial score (nSPS) is 11.9. The number of carboxylic acid groups (broad SMARTS) is 1. The molecule has 1 unspecified atom stereocenters. The molecule has 0 amide bonds. The highest BCUT2D eigenvalue weighted by Crippen LogP contribution is 2.23. The highest BCUT2D eigenvalue weighted by molar-refractivity contribution is 5.94. The Balaban J connectivity index is 2.26. The Hall–Kier alpha value is -2.36. The lowest BCUT2D eigenvalue weighted by atomic mass is 10.1. The van der Waals surface area contributed by atoms with Gasteiger partial charge in [0.1, 0.15) is 0 Å². The second kappa shape index (κ2) is 5.52. The second-order valence-electron chi connectivity index (χ2n) is 4.51. The van der Waals surface area contributed by atoms with Gasteiger partial charge in [-0.05, 0) is 37.6 Å². The van der Waals surface area contributed by atoms with E-state index in [0.717, 1.165) is 11.1 Å². The van der Waals surface area contributed by atoms with Crippen LogP contribution in [0.4, 0.5) is 5.69 Å². The number of nitrogens with zero attached hydrogens (tertiary/aromatic N) is 1. The first-order valence-electron chi connectivity index (χ1n) is 6.08. The topological polar surface area (TPSA) is 62.2 Å². The SMILES string of the molecule is Cc1ccc(NC(C)c2cccnc2)c(C(=O)O)c1. The van der Waals surface area contributed by atoms with Crippen LogP contribution < -0.4 is 5.32 Å². The van der Waals surface area contributed by atoms with Crippen LogP contribution in [0.3, 0.4) is 0 Å². The van der Waals surface area contributed by atoms with Gasteiger partial charge < -0.3 is 10.4 Å². The van der Waals surface area contributed by atoms with Crippen molar-refractivity contribution in [3.8, 4) is 0 Å². The minimum atomic E-state index is -0.926. The van der Waals surface area contributed by atoms with Crippen molar-refractivity contribution < 1.29 is 9.90 Å². The van der Waals surface area contributed by atoms with Crippen LogP contribution in [0.25, 0.3) is 0 Å². The summed E-state index contributed by atoms with van der Waals surface area (Å²) in [6, 6.07) is 9.17. The zero-order valence-corrected chi connectivity index (χ0v) is 10.9. The number of carboxylic acids is 1. The minimum absolute atomic E-state index is 0.00509. The maximum atomic E-state index is 11.2. The summed E-state index contributed by atoms with van der Waals surface area (Å²) in [6.07, 6.45) is 3.48. The molecule has 0 aliphatic rings. The Kier molecular flexibility index (Phi) is 3.80. The van der Waals surface area contributed by atoms with Crippen LogP contribution in [0.2, 0.25) is 0 Å². The molecular weight excluding hydrogens is 240 g/mol. The third-order valence-corrected chi connectivity index (χ3v) is 2.96. The molecule has 0 spiro atoms. The van der Waals surface area contributed by atoms with Crippen LogP contribution >= 0.6 is 0 Å². The first-order valence-corrected chi connectivity index (χ1v) is 6.08. The van der Waals surface area contributed by atoms with Gasteiger partial charge in [0.05, 0.1) is 11.6 Å². The highest BCUT2D eigenvalue weighted by Gasteiger charge is 2.13. The molecule has 0 fully saturated rings. The van der Waals surface area contributed by atoms with Crippen molar-refractivity contribution in [1.29, 1.82) is 0 Å². The largest absolute Gasteiger partial charge is 0.478 e. The first-order chi connectivity index (χ1) is 9.08. The Morgan fingerprint density at radius 3 is 2.79 bits per heavy atom. The summed E-state index contributed by atoms with van der Waals surface area (Å²) in [6.45, 7) is 3.85. The average molecular weight is 256 g/mol. The minimum Gasteiger partial charge on any atom is -0.478 e. The number of benzene rings is 1. The van der Waals surface area contributed by atoms with Crippen molar-refractivity contribution in [2.75, 3.05) is 5.32 Å². The fourth-order valence-electron chi connectivity index (χ4n) is 1.91. The van der Waals surface area contributed by atoms with Gasteiger partial charge in [-0.1, -0.05) is 17.7 Å². The lowest BCUT2D eigenvalue weighted by molar-refractivity contribution is 0.0698. The van der Waals surface area contributed by atoms with E-state index in [2.05, 4.69) is 10.3 Å². The molecule has 98 valence electrons. The van der Waals surface area contributed by atoms with Gasteiger partial charge >= 0.3 is 5.97 Å². The van der Waals surface area contributed by atoms with E-state index in [1.807, 2.05) is 32.0 Å². The third kappa shape index (κ3) is 3.10. The maximum Gasteiger partial charge on any atom is 0.337 e. The van der Waals surface area contributed by atoms with E-state index in [1.54, 1.807) is 24.5 Å². The number of aromatic carboxylic acids is 1. The zero-order chi connectivity index (χ0) is 13.8. The van der Waals surface area contributed by atoms with Crippen molar-refractivity contribution in [3.05, 3.63) is 59.4 Å². The van der Waals surface area contributed by atoms with E-state index in [9.17, 15) is 9.90 Å². The molecule has 0 radical (unpaired) electrons. The molecule has 1 aromatic carbocycles. The summed E-state index contributed by atoms with van der Waals surface area (Å²) < 4.78 is 0.